The number of nitrogens with one attached hydrogen (secondary N) is 1. The number of sulfonamides is 1. The lowest BCUT2D eigenvalue weighted by molar-refractivity contribution is -0.140. The summed E-state index contributed by atoms with van der Waals surface area (Å²) in [7, 11) is -2.50. The highest BCUT2D eigenvalue weighted by atomic mass is 35.5. The first-order valence-corrected chi connectivity index (χ1v) is 15.7. The third-order valence-electron chi connectivity index (χ3n) is 6.33. The van der Waals surface area contributed by atoms with Crippen LogP contribution in [0.5, 0.6) is 5.75 Å². The summed E-state index contributed by atoms with van der Waals surface area (Å²) < 4.78 is 32.3. The first kappa shape index (κ1) is 32.2. The quantitative estimate of drug-likeness (QED) is 0.284. The molecule has 11 heteroatoms. The Hall–Kier alpha value is -3.27. The number of methoxy groups -OCH3 is 1. The van der Waals surface area contributed by atoms with Gasteiger partial charge in [-0.25, -0.2) is 8.42 Å². The van der Waals surface area contributed by atoms with Crippen molar-refractivity contribution in [3.8, 4) is 5.75 Å². The Balaban J connectivity index is 2.09. The van der Waals surface area contributed by atoms with Crippen LogP contribution in [0.2, 0.25) is 10.0 Å². The predicted octanol–water partition coefficient (Wildman–Crippen LogP) is 5.18. The first-order valence-electron chi connectivity index (χ1n) is 13.1. The summed E-state index contributed by atoms with van der Waals surface area (Å²) in [6.45, 7) is 3.80. The lowest BCUT2D eigenvalue weighted by Crippen LogP contribution is -2.53. The predicted molar refractivity (Wildman–Crippen MR) is 164 cm³/mol. The van der Waals surface area contributed by atoms with Gasteiger partial charge in [0.15, 0.2) is 0 Å². The molecule has 220 valence electrons. The minimum absolute atomic E-state index is 0.00809. The maximum Gasteiger partial charge on any atom is 0.244 e. The molecule has 1 atom stereocenters. The van der Waals surface area contributed by atoms with Crippen LogP contribution in [-0.4, -0.2) is 57.6 Å². The molecule has 1 N–H and O–H groups in total. The number of nitrogens with zero attached hydrogens (tertiary/aromatic N) is 2. The highest BCUT2D eigenvalue weighted by molar-refractivity contribution is 7.92. The molecule has 3 rings (SSSR count). The van der Waals surface area contributed by atoms with Crippen LogP contribution < -0.4 is 14.4 Å². The summed E-state index contributed by atoms with van der Waals surface area (Å²) in [6.07, 6.45) is 1.23. The average molecular weight is 621 g/mol. The summed E-state index contributed by atoms with van der Waals surface area (Å²) in [5.41, 5.74) is 1.68. The number of ether oxygens (including phenoxy) is 1. The number of hydrogen-bond acceptors (Lipinski definition) is 5. The summed E-state index contributed by atoms with van der Waals surface area (Å²) in [6, 6.07) is 19.9. The summed E-state index contributed by atoms with van der Waals surface area (Å²) >= 11 is 12.4. The van der Waals surface area contributed by atoms with Gasteiger partial charge in [-0.2, -0.15) is 0 Å². The molecule has 0 aliphatic rings. The van der Waals surface area contributed by atoms with Crippen molar-refractivity contribution in [3.05, 3.63) is 94.0 Å². The van der Waals surface area contributed by atoms with E-state index >= 15 is 0 Å². The molecule has 0 aliphatic heterocycles. The molecule has 8 nitrogen and oxygen atoms in total. The molecule has 0 bridgehead atoms. The topological polar surface area (TPSA) is 96.0 Å². The van der Waals surface area contributed by atoms with Gasteiger partial charge >= 0.3 is 0 Å². The van der Waals surface area contributed by atoms with E-state index in [1.54, 1.807) is 42.5 Å². The van der Waals surface area contributed by atoms with Crippen LogP contribution in [0.4, 0.5) is 5.69 Å². The third kappa shape index (κ3) is 9.11. The molecule has 0 unspecified atom stereocenters. The van der Waals surface area contributed by atoms with Gasteiger partial charge in [-0.1, -0.05) is 85.6 Å². The SMILES string of the molecule is COc1ccccc1N(CC(=O)N(Cc1ccc(Cl)c(Cl)c1)[C@H](Cc1ccccc1)C(=O)NCC(C)C)S(C)(=O)=O. The first-order chi connectivity index (χ1) is 19.4. The van der Waals surface area contributed by atoms with Gasteiger partial charge in [0.1, 0.15) is 18.3 Å². The molecule has 3 aromatic carbocycles. The third-order valence-corrected chi connectivity index (χ3v) is 8.19. The fourth-order valence-electron chi connectivity index (χ4n) is 4.24. The van der Waals surface area contributed by atoms with Gasteiger partial charge in [-0.05, 0) is 41.3 Å². The van der Waals surface area contributed by atoms with Crippen molar-refractivity contribution < 1.29 is 22.7 Å². The fourth-order valence-corrected chi connectivity index (χ4v) is 5.42. The average Bonchev–Trinajstić information content (AvgIpc) is 2.94. The van der Waals surface area contributed by atoms with Crippen LogP contribution in [0.25, 0.3) is 0 Å². The van der Waals surface area contributed by atoms with Crippen molar-refractivity contribution in [1.82, 2.24) is 10.2 Å². The number of hydrogen-bond donors (Lipinski definition) is 1. The normalized spacial score (nSPS) is 12.1. The molecular formula is C30H35Cl2N3O5S. The second-order valence-corrected chi connectivity index (χ2v) is 12.8. The smallest absolute Gasteiger partial charge is 0.244 e. The number of anilines is 1. The van der Waals surface area contributed by atoms with E-state index in [1.165, 1.54) is 12.0 Å². The van der Waals surface area contributed by atoms with Gasteiger partial charge in [0.25, 0.3) is 0 Å². The summed E-state index contributed by atoms with van der Waals surface area (Å²) in [5.74, 6) is -0.453. The van der Waals surface area contributed by atoms with Gasteiger partial charge in [0, 0.05) is 19.5 Å². The molecule has 0 heterocycles. The highest BCUT2D eigenvalue weighted by Crippen LogP contribution is 2.30. The number of halogens is 2. The molecule has 0 aliphatic carbocycles. The van der Waals surface area contributed by atoms with E-state index in [2.05, 4.69) is 5.32 Å². The van der Waals surface area contributed by atoms with Crippen LogP contribution >= 0.6 is 23.2 Å². The van der Waals surface area contributed by atoms with Crippen molar-refractivity contribution in [3.63, 3.8) is 0 Å². The maximum absolute atomic E-state index is 14.1. The molecule has 0 saturated carbocycles. The lowest BCUT2D eigenvalue weighted by atomic mass is 10.0. The molecule has 0 spiro atoms. The van der Waals surface area contributed by atoms with Gasteiger partial charge in [0.2, 0.25) is 21.8 Å². The standard InChI is InChI=1S/C30H35Cl2N3O5S/c1-21(2)18-33-30(37)27(17-22-10-6-5-7-11-22)34(19-23-14-15-24(31)25(32)16-23)29(36)20-35(41(4,38)39)26-12-8-9-13-28(26)40-3/h5-16,21,27H,17-20H2,1-4H3,(H,33,37)/t27-/m1/s1. The van der Waals surface area contributed by atoms with Gasteiger partial charge in [0.05, 0.1) is 29.1 Å². The monoisotopic (exact) mass is 619 g/mol. The molecular weight excluding hydrogens is 585 g/mol. The Bertz CT molecular complexity index is 1450. The highest BCUT2D eigenvalue weighted by Gasteiger charge is 2.33. The Morgan fingerprint density at radius 3 is 2.20 bits per heavy atom. The van der Waals surface area contributed by atoms with Crippen LogP contribution in [0.3, 0.4) is 0 Å². The Morgan fingerprint density at radius 1 is 0.927 bits per heavy atom. The molecule has 2 amide bonds. The Labute approximate surface area is 252 Å². The molecule has 41 heavy (non-hydrogen) atoms. The Kier molecular flexibility index (Phi) is 11.5. The molecule has 0 aromatic heterocycles. The summed E-state index contributed by atoms with van der Waals surface area (Å²) in [4.78, 5) is 29.2. The van der Waals surface area contributed by atoms with Gasteiger partial charge in [-0.15, -0.1) is 0 Å². The molecule has 0 saturated heterocycles. The maximum atomic E-state index is 14.1. The Morgan fingerprint density at radius 2 is 1.59 bits per heavy atom. The van der Waals surface area contributed by atoms with E-state index in [-0.39, 0.29) is 36.2 Å². The van der Waals surface area contributed by atoms with Crippen molar-refractivity contribution in [2.24, 2.45) is 5.92 Å². The minimum atomic E-state index is -3.92. The van der Waals surface area contributed by atoms with E-state index in [0.717, 1.165) is 16.1 Å². The fraction of sp³-hybridized carbons (Fsp3) is 0.333. The zero-order chi connectivity index (χ0) is 30.2. The lowest BCUT2D eigenvalue weighted by Gasteiger charge is -2.34. The second kappa shape index (κ2) is 14.6. The number of carbonyl (C=O) groups excluding carboxylic acids is 2. The van der Waals surface area contributed by atoms with Crippen LogP contribution in [-0.2, 0) is 32.6 Å². The number of para-hydroxylation sites is 2. The van der Waals surface area contributed by atoms with Crippen LogP contribution in [0, 0.1) is 5.92 Å². The zero-order valence-corrected chi connectivity index (χ0v) is 25.8. The molecule has 0 fully saturated rings. The summed E-state index contributed by atoms with van der Waals surface area (Å²) in [5, 5.41) is 3.59. The van der Waals surface area contributed by atoms with Crippen molar-refractivity contribution in [2.75, 3.05) is 30.8 Å². The van der Waals surface area contributed by atoms with E-state index < -0.39 is 28.5 Å². The van der Waals surface area contributed by atoms with Crippen molar-refractivity contribution >= 4 is 50.7 Å². The number of benzene rings is 3. The minimum Gasteiger partial charge on any atom is -0.495 e. The van der Waals surface area contributed by atoms with Gasteiger partial charge < -0.3 is 15.0 Å². The molecule has 0 radical (unpaired) electrons. The van der Waals surface area contributed by atoms with E-state index in [9.17, 15) is 18.0 Å². The number of amides is 2. The largest absolute Gasteiger partial charge is 0.495 e. The zero-order valence-electron chi connectivity index (χ0n) is 23.5. The van der Waals surface area contributed by atoms with Gasteiger partial charge in [-0.3, -0.25) is 13.9 Å². The number of carbonyl (C=O) groups is 2. The number of rotatable bonds is 13. The molecule has 3 aromatic rings. The van der Waals surface area contributed by atoms with E-state index in [4.69, 9.17) is 27.9 Å². The van der Waals surface area contributed by atoms with Crippen LogP contribution in [0.1, 0.15) is 25.0 Å². The second-order valence-electron chi connectivity index (χ2n) is 10.1. The van der Waals surface area contributed by atoms with E-state index in [0.29, 0.717) is 22.2 Å². The van der Waals surface area contributed by atoms with Crippen LogP contribution in [0.15, 0.2) is 72.8 Å². The van der Waals surface area contributed by atoms with Crippen molar-refractivity contribution in [2.45, 2.75) is 32.9 Å². The van der Waals surface area contributed by atoms with E-state index in [1.807, 2.05) is 44.2 Å². The van der Waals surface area contributed by atoms with Crippen molar-refractivity contribution in [1.29, 1.82) is 0 Å².